The van der Waals surface area contributed by atoms with Crippen molar-refractivity contribution in [2.24, 2.45) is 0 Å². The Hall–Kier alpha value is -2.68. The van der Waals surface area contributed by atoms with Crippen LogP contribution in [0.5, 0.6) is 0 Å². The molecule has 28 heavy (non-hydrogen) atoms. The number of ether oxygens (including phenoxy) is 1. The number of likely N-dealkylation sites (N-methyl/N-ethyl adjacent to an activating group) is 1. The molecule has 1 aliphatic heterocycles. The van der Waals surface area contributed by atoms with Crippen LogP contribution in [-0.4, -0.2) is 55.1 Å². The van der Waals surface area contributed by atoms with Gasteiger partial charge in [0.15, 0.2) is 6.61 Å². The second-order valence-corrected chi connectivity index (χ2v) is 8.38. The SMILES string of the molecule is CCN(C(=O)COC(=O)CN1C(=O)c2ccccc2S1(=O)=O)C1=CCCCC1. The van der Waals surface area contributed by atoms with Crippen LogP contribution in [0.3, 0.4) is 0 Å². The lowest BCUT2D eigenvalue weighted by Crippen LogP contribution is -2.38. The molecule has 9 heteroatoms. The fourth-order valence-electron chi connectivity index (χ4n) is 3.38. The van der Waals surface area contributed by atoms with Gasteiger partial charge in [-0.15, -0.1) is 0 Å². The van der Waals surface area contributed by atoms with Crippen molar-refractivity contribution in [3.8, 4) is 0 Å². The zero-order valence-corrected chi connectivity index (χ0v) is 16.4. The molecule has 0 saturated carbocycles. The van der Waals surface area contributed by atoms with E-state index in [1.165, 1.54) is 18.2 Å². The molecule has 1 aliphatic carbocycles. The lowest BCUT2D eigenvalue weighted by Gasteiger charge is -2.26. The maximum absolute atomic E-state index is 12.4. The second kappa shape index (κ2) is 8.14. The number of rotatable bonds is 6. The quantitative estimate of drug-likeness (QED) is 0.666. The number of hydrogen-bond donors (Lipinski definition) is 0. The van der Waals surface area contributed by atoms with Gasteiger partial charge in [-0.3, -0.25) is 14.4 Å². The van der Waals surface area contributed by atoms with Crippen LogP contribution in [-0.2, 0) is 24.3 Å². The summed E-state index contributed by atoms with van der Waals surface area (Å²) < 4.78 is 30.3. The number of benzene rings is 1. The molecule has 2 amide bonds. The fourth-order valence-corrected chi connectivity index (χ4v) is 4.89. The van der Waals surface area contributed by atoms with Crippen LogP contribution in [0.15, 0.2) is 40.9 Å². The molecule has 8 nitrogen and oxygen atoms in total. The number of fused-ring (bicyclic) bond motifs is 1. The maximum atomic E-state index is 12.4. The Kier molecular flexibility index (Phi) is 5.83. The van der Waals surface area contributed by atoms with Crippen LogP contribution >= 0.6 is 0 Å². The van der Waals surface area contributed by atoms with Crippen LogP contribution in [0.25, 0.3) is 0 Å². The molecule has 150 valence electrons. The largest absolute Gasteiger partial charge is 0.454 e. The van der Waals surface area contributed by atoms with Crippen LogP contribution in [0.1, 0.15) is 43.0 Å². The van der Waals surface area contributed by atoms with E-state index >= 15 is 0 Å². The topological polar surface area (TPSA) is 101 Å². The van der Waals surface area contributed by atoms with Crippen molar-refractivity contribution < 1.29 is 27.5 Å². The standard InChI is InChI=1S/C19H22N2O6S/c1-2-20(14-8-4-3-5-9-14)17(22)13-27-18(23)12-21-19(24)15-10-6-7-11-16(15)28(21,25)26/h6-8,10-11H,2-5,9,12-13H2,1H3. The highest BCUT2D eigenvalue weighted by Crippen LogP contribution is 2.29. The van der Waals surface area contributed by atoms with Crippen molar-refractivity contribution in [2.75, 3.05) is 19.7 Å². The number of amides is 2. The third-order valence-electron chi connectivity index (χ3n) is 4.77. The van der Waals surface area contributed by atoms with E-state index in [-0.39, 0.29) is 16.4 Å². The lowest BCUT2D eigenvalue weighted by atomic mass is 10.0. The number of hydrogen-bond acceptors (Lipinski definition) is 6. The molecule has 0 radical (unpaired) electrons. The zero-order valence-electron chi connectivity index (χ0n) is 15.6. The van der Waals surface area contributed by atoms with Crippen molar-refractivity contribution in [1.82, 2.24) is 9.21 Å². The number of sulfonamides is 1. The lowest BCUT2D eigenvalue weighted by molar-refractivity contribution is -0.151. The third-order valence-corrected chi connectivity index (χ3v) is 6.56. The van der Waals surface area contributed by atoms with Gasteiger partial charge in [0.25, 0.3) is 21.8 Å². The summed E-state index contributed by atoms with van der Waals surface area (Å²) in [6, 6.07) is 5.75. The number of allylic oxidation sites excluding steroid dienone is 2. The molecule has 2 aliphatic rings. The number of esters is 1. The molecule has 0 atom stereocenters. The van der Waals surface area contributed by atoms with Crippen molar-refractivity contribution in [2.45, 2.75) is 37.5 Å². The van der Waals surface area contributed by atoms with Crippen molar-refractivity contribution in [3.63, 3.8) is 0 Å². The van der Waals surface area contributed by atoms with Crippen molar-refractivity contribution >= 4 is 27.8 Å². The molecular formula is C19H22N2O6S. The van der Waals surface area contributed by atoms with Gasteiger partial charge < -0.3 is 9.64 Å². The normalized spacial score (nSPS) is 17.7. The van der Waals surface area contributed by atoms with E-state index in [4.69, 9.17) is 4.74 Å². The molecule has 0 N–H and O–H groups in total. The summed E-state index contributed by atoms with van der Waals surface area (Å²) in [4.78, 5) is 38.2. The third kappa shape index (κ3) is 3.80. The highest BCUT2D eigenvalue weighted by molar-refractivity contribution is 7.90. The molecule has 0 spiro atoms. The van der Waals surface area contributed by atoms with Crippen LogP contribution in [0, 0.1) is 0 Å². The van der Waals surface area contributed by atoms with Gasteiger partial charge in [-0.2, -0.15) is 0 Å². The summed E-state index contributed by atoms with van der Waals surface area (Å²) in [5, 5.41) is 0. The Morgan fingerprint density at radius 1 is 1.21 bits per heavy atom. The molecule has 0 unspecified atom stereocenters. The smallest absolute Gasteiger partial charge is 0.327 e. The van der Waals surface area contributed by atoms with Crippen molar-refractivity contribution in [3.05, 3.63) is 41.6 Å². The molecular weight excluding hydrogens is 384 g/mol. The average molecular weight is 406 g/mol. The molecule has 0 fully saturated rings. The van der Waals surface area contributed by atoms with E-state index in [2.05, 4.69) is 0 Å². The second-order valence-electron chi connectivity index (χ2n) is 6.55. The predicted octanol–water partition coefficient (Wildman–Crippen LogP) is 1.68. The van der Waals surface area contributed by atoms with Gasteiger partial charge in [0.05, 0.1) is 5.56 Å². The molecule has 0 aromatic heterocycles. The minimum absolute atomic E-state index is 0.0211. The maximum Gasteiger partial charge on any atom is 0.327 e. The minimum Gasteiger partial charge on any atom is -0.454 e. The van der Waals surface area contributed by atoms with Gasteiger partial charge in [0.2, 0.25) is 0 Å². The number of carbonyl (C=O) groups excluding carboxylic acids is 3. The number of nitrogens with zero attached hydrogens (tertiary/aromatic N) is 2. The van der Waals surface area contributed by atoms with Crippen molar-refractivity contribution in [1.29, 1.82) is 0 Å². The predicted molar refractivity (Wildman–Crippen MR) is 99.6 cm³/mol. The van der Waals surface area contributed by atoms with E-state index in [1.807, 2.05) is 13.0 Å². The van der Waals surface area contributed by atoms with Gasteiger partial charge >= 0.3 is 5.97 Å². The van der Waals surface area contributed by atoms with E-state index in [9.17, 15) is 22.8 Å². The first-order valence-electron chi connectivity index (χ1n) is 9.17. The highest BCUT2D eigenvalue weighted by atomic mass is 32.2. The molecule has 1 aromatic rings. The monoisotopic (exact) mass is 406 g/mol. The summed E-state index contributed by atoms with van der Waals surface area (Å²) in [7, 11) is -4.09. The van der Waals surface area contributed by atoms with Crippen LogP contribution < -0.4 is 0 Å². The van der Waals surface area contributed by atoms with E-state index in [0.717, 1.165) is 31.4 Å². The summed E-state index contributed by atoms with van der Waals surface area (Å²) in [5.41, 5.74) is 0.940. The number of carbonyl (C=O) groups is 3. The Labute approximate surface area is 163 Å². The first kappa shape index (κ1) is 20.1. The summed E-state index contributed by atoms with van der Waals surface area (Å²) in [6.07, 6.45) is 5.82. The highest BCUT2D eigenvalue weighted by Gasteiger charge is 2.42. The molecule has 1 aromatic carbocycles. The van der Waals surface area contributed by atoms with Crippen LogP contribution in [0.4, 0.5) is 0 Å². The fraction of sp³-hybridized carbons (Fsp3) is 0.421. The summed E-state index contributed by atoms with van der Waals surface area (Å²) in [5.74, 6) is -2.10. The van der Waals surface area contributed by atoms with Gasteiger partial charge in [0.1, 0.15) is 11.4 Å². The van der Waals surface area contributed by atoms with E-state index in [0.29, 0.717) is 10.8 Å². The van der Waals surface area contributed by atoms with Gasteiger partial charge in [0, 0.05) is 12.2 Å². The summed E-state index contributed by atoms with van der Waals surface area (Å²) >= 11 is 0. The molecule has 0 saturated heterocycles. The molecule has 3 rings (SSSR count). The van der Waals surface area contributed by atoms with Gasteiger partial charge in [-0.25, -0.2) is 12.7 Å². The van der Waals surface area contributed by atoms with E-state index < -0.39 is 35.1 Å². The Morgan fingerprint density at radius 2 is 1.96 bits per heavy atom. The summed E-state index contributed by atoms with van der Waals surface area (Å²) in [6.45, 7) is 1.02. The van der Waals surface area contributed by atoms with Gasteiger partial charge in [-0.1, -0.05) is 18.2 Å². The first-order chi connectivity index (χ1) is 13.4. The molecule has 1 heterocycles. The van der Waals surface area contributed by atoms with Crippen LogP contribution in [0.2, 0.25) is 0 Å². The minimum atomic E-state index is -4.09. The zero-order chi connectivity index (χ0) is 20.3. The average Bonchev–Trinajstić information content (AvgIpc) is 2.89. The Bertz CT molecular complexity index is 937. The molecule has 0 bridgehead atoms. The van der Waals surface area contributed by atoms with E-state index in [1.54, 1.807) is 11.0 Å². The first-order valence-corrected chi connectivity index (χ1v) is 10.6. The van der Waals surface area contributed by atoms with Gasteiger partial charge in [-0.05, 0) is 44.7 Å². The Morgan fingerprint density at radius 3 is 2.61 bits per heavy atom. The Balaban J connectivity index is 1.61.